The normalized spacial score (nSPS) is 19.3. The zero-order chi connectivity index (χ0) is 22.2. The summed E-state index contributed by atoms with van der Waals surface area (Å²) in [6, 6.07) is 0. The molecule has 4 heteroatoms. The Labute approximate surface area is 185 Å². The predicted molar refractivity (Wildman–Crippen MR) is 123 cm³/mol. The molecular weight excluding hydrogens is 376 g/mol. The molecular formula is C26H48O4. The number of unbranched alkanes of at least 4 members (excludes halogenated alkanes) is 4. The van der Waals surface area contributed by atoms with Gasteiger partial charge in [-0.25, -0.2) is 0 Å². The van der Waals surface area contributed by atoms with Gasteiger partial charge in [-0.1, -0.05) is 66.2 Å². The average molecular weight is 425 g/mol. The number of carbonyl (C=O) groups excluding carboxylic acids is 2. The monoisotopic (exact) mass is 424 g/mol. The maximum Gasteiger partial charge on any atom is 0.305 e. The van der Waals surface area contributed by atoms with Crippen LogP contribution in [0, 0.1) is 23.7 Å². The van der Waals surface area contributed by atoms with Gasteiger partial charge in [0.05, 0.1) is 13.2 Å². The summed E-state index contributed by atoms with van der Waals surface area (Å²) in [7, 11) is 0. The molecule has 0 aliphatic heterocycles. The standard InChI is InChI=1S/C26H48O4/c1-21(2)11-7-5-9-13-25(27)29-19-23-15-17-24(18-16-23)20-30-26(28)14-10-6-8-12-22(3)4/h21-24H,5-20H2,1-4H3. The average Bonchev–Trinajstić information content (AvgIpc) is 2.70. The second-order valence-corrected chi connectivity index (χ2v) is 10.2. The smallest absolute Gasteiger partial charge is 0.305 e. The van der Waals surface area contributed by atoms with Crippen molar-refractivity contribution < 1.29 is 19.1 Å². The summed E-state index contributed by atoms with van der Waals surface area (Å²) >= 11 is 0. The minimum atomic E-state index is -0.0380. The fourth-order valence-electron chi connectivity index (χ4n) is 4.13. The van der Waals surface area contributed by atoms with E-state index >= 15 is 0 Å². The highest BCUT2D eigenvalue weighted by Crippen LogP contribution is 2.29. The molecule has 1 rings (SSSR count). The molecule has 176 valence electrons. The number of hydrogen-bond acceptors (Lipinski definition) is 4. The molecule has 0 aromatic carbocycles. The van der Waals surface area contributed by atoms with E-state index in [1.165, 1.54) is 25.7 Å². The Morgan fingerprint density at radius 2 is 1.00 bits per heavy atom. The number of esters is 2. The molecule has 0 N–H and O–H groups in total. The van der Waals surface area contributed by atoms with Gasteiger partial charge in [0, 0.05) is 12.8 Å². The molecule has 0 heterocycles. The van der Waals surface area contributed by atoms with Crippen LogP contribution in [0.3, 0.4) is 0 Å². The van der Waals surface area contributed by atoms with E-state index < -0.39 is 0 Å². The van der Waals surface area contributed by atoms with Crippen LogP contribution in [0.5, 0.6) is 0 Å². The highest BCUT2D eigenvalue weighted by Gasteiger charge is 2.23. The van der Waals surface area contributed by atoms with E-state index in [1.54, 1.807) is 0 Å². The third-order valence-corrected chi connectivity index (χ3v) is 6.25. The highest BCUT2D eigenvalue weighted by molar-refractivity contribution is 5.69. The van der Waals surface area contributed by atoms with Crippen molar-refractivity contribution in [1.29, 1.82) is 0 Å². The molecule has 1 saturated carbocycles. The van der Waals surface area contributed by atoms with Gasteiger partial charge in [0.2, 0.25) is 0 Å². The van der Waals surface area contributed by atoms with Gasteiger partial charge in [-0.2, -0.15) is 0 Å². The van der Waals surface area contributed by atoms with E-state index in [0.717, 1.165) is 63.2 Å². The molecule has 0 saturated heterocycles. The van der Waals surface area contributed by atoms with Crippen LogP contribution in [0.1, 0.15) is 118 Å². The van der Waals surface area contributed by atoms with Gasteiger partial charge in [0.1, 0.15) is 0 Å². The zero-order valence-electron chi connectivity index (χ0n) is 20.3. The lowest BCUT2D eigenvalue weighted by molar-refractivity contribution is -0.147. The largest absolute Gasteiger partial charge is 0.465 e. The molecule has 0 atom stereocenters. The van der Waals surface area contributed by atoms with Crippen LogP contribution < -0.4 is 0 Å². The molecule has 0 aromatic rings. The van der Waals surface area contributed by atoms with Crippen molar-refractivity contribution in [2.24, 2.45) is 23.7 Å². The minimum Gasteiger partial charge on any atom is -0.465 e. The summed E-state index contributed by atoms with van der Waals surface area (Å²) in [6.45, 7) is 10.1. The molecule has 1 fully saturated rings. The quantitative estimate of drug-likeness (QED) is 0.196. The van der Waals surface area contributed by atoms with Gasteiger partial charge in [-0.3, -0.25) is 9.59 Å². The molecule has 0 radical (unpaired) electrons. The Balaban J connectivity index is 1.99. The predicted octanol–water partition coefficient (Wildman–Crippen LogP) is 7.09. The lowest BCUT2D eigenvalue weighted by atomic mass is 9.83. The van der Waals surface area contributed by atoms with Crippen molar-refractivity contribution in [2.45, 2.75) is 118 Å². The Kier molecular flexibility index (Phi) is 14.9. The maximum atomic E-state index is 11.9. The van der Waals surface area contributed by atoms with Crippen LogP contribution in [0.2, 0.25) is 0 Å². The maximum absolute atomic E-state index is 11.9. The summed E-state index contributed by atoms with van der Waals surface area (Å²) in [4.78, 5) is 23.8. The number of hydrogen-bond donors (Lipinski definition) is 0. The number of rotatable bonds is 16. The van der Waals surface area contributed by atoms with E-state index in [4.69, 9.17) is 9.47 Å². The van der Waals surface area contributed by atoms with Crippen molar-refractivity contribution >= 4 is 11.9 Å². The van der Waals surface area contributed by atoms with Crippen LogP contribution in [-0.2, 0) is 19.1 Å². The van der Waals surface area contributed by atoms with Crippen molar-refractivity contribution in [3.05, 3.63) is 0 Å². The Hall–Kier alpha value is -1.06. The Morgan fingerprint density at radius 3 is 1.33 bits per heavy atom. The fourth-order valence-corrected chi connectivity index (χ4v) is 4.13. The van der Waals surface area contributed by atoms with Crippen LogP contribution in [0.4, 0.5) is 0 Å². The molecule has 0 bridgehead atoms. The first-order valence-electron chi connectivity index (χ1n) is 12.7. The molecule has 0 amide bonds. The number of carbonyl (C=O) groups is 2. The van der Waals surface area contributed by atoms with Gasteiger partial charge in [0.25, 0.3) is 0 Å². The molecule has 0 aromatic heterocycles. The van der Waals surface area contributed by atoms with Crippen LogP contribution in [-0.4, -0.2) is 25.2 Å². The number of ether oxygens (including phenoxy) is 2. The SMILES string of the molecule is CC(C)CCCCCC(=O)OCC1CCC(COC(=O)CCCCCC(C)C)CC1. The first kappa shape index (κ1) is 27.0. The third-order valence-electron chi connectivity index (χ3n) is 6.25. The van der Waals surface area contributed by atoms with E-state index in [0.29, 0.717) is 37.9 Å². The lowest BCUT2D eigenvalue weighted by Gasteiger charge is -2.27. The van der Waals surface area contributed by atoms with E-state index in [9.17, 15) is 9.59 Å². The van der Waals surface area contributed by atoms with E-state index in [-0.39, 0.29) is 11.9 Å². The zero-order valence-corrected chi connectivity index (χ0v) is 20.3. The minimum absolute atomic E-state index is 0.0380. The molecule has 4 nitrogen and oxygen atoms in total. The molecule has 1 aliphatic carbocycles. The Morgan fingerprint density at radius 1 is 0.633 bits per heavy atom. The topological polar surface area (TPSA) is 52.6 Å². The fraction of sp³-hybridized carbons (Fsp3) is 0.923. The Bertz CT molecular complexity index is 408. The van der Waals surface area contributed by atoms with Crippen molar-refractivity contribution in [3.63, 3.8) is 0 Å². The van der Waals surface area contributed by atoms with E-state index in [2.05, 4.69) is 27.7 Å². The molecule has 0 unspecified atom stereocenters. The lowest BCUT2D eigenvalue weighted by Crippen LogP contribution is -2.23. The second-order valence-electron chi connectivity index (χ2n) is 10.2. The first-order valence-corrected chi connectivity index (χ1v) is 12.7. The highest BCUT2D eigenvalue weighted by atomic mass is 16.5. The van der Waals surface area contributed by atoms with Crippen LogP contribution in [0.25, 0.3) is 0 Å². The third kappa shape index (κ3) is 14.8. The van der Waals surface area contributed by atoms with Gasteiger partial charge >= 0.3 is 11.9 Å². The summed E-state index contributed by atoms with van der Waals surface area (Å²) in [5.74, 6) is 2.36. The molecule has 30 heavy (non-hydrogen) atoms. The van der Waals surface area contributed by atoms with Crippen molar-refractivity contribution in [1.82, 2.24) is 0 Å². The molecule has 1 aliphatic rings. The summed E-state index contributed by atoms with van der Waals surface area (Å²) in [5.41, 5.74) is 0. The van der Waals surface area contributed by atoms with E-state index in [1.807, 2.05) is 0 Å². The summed E-state index contributed by atoms with van der Waals surface area (Å²) in [6.07, 6.45) is 14.4. The van der Waals surface area contributed by atoms with Gasteiger partial charge in [-0.05, 0) is 62.2 Å². The van der Waals surface area contributed by atoms with Crippen molar-refractivity contribution in [2.75, 3.05) is 13.2 Å². The summed E-state index contributed by atoms with van der Waals surface area (Å²) < 4.78 is 11.0. The van der Waals surface area contributed by atoms with Crippen molar-refractivity contribution in [3.8, 4) is 0 Å². The summed E-state index contributed by atoms with van der Waals surface area (Å²) in [5, 5.41) is 0. The molecule has 0 spiro atoms. The van der Waals surface area contributed by atoms with Crippen LogP contribution in [0.15, 0.2) is 0 Å². The van der Waals surface area contributed by atoms with Crippen LogP contribution >= 0.6 is 0 Å². The van der Waals surface area contributed by atoms with Gasteiger partial charge in [-0.15, -0.1) is 0 Å². The first-order chi connectivity index (χ1) is 14.4. The van der Waals surface area contributed by atoms with Gasteiger partial charge < -0.3 is 9.47 Å². The van der Waals surface area contributed by atoms with Gasteiger partial charge in [0.15, 0.2) is 0 Å². The second kappa shape index (κ2) is 16.6.